The summed E-state index contributed by atoms with van der Waals surface area (Å²) in [5, 5.41) is 8.89. The van der Waals surface area contributed by atoms with Gasteiger partial charge in [-0.2, -0.15) is 0 Å². The van der Waals surface area contributed by atoms with Crippen molar-refractivity contribution in [3.05, 3.63) is 21.9 Å². The number of nitrogens with one attached hydrogen (secondary N) is 2. The van der Waals surface area contributed by atoms with E-state index in [-0.39, 0.29) is 11.9 Å². The van der Waals surface area contributed by atoms with Crippen molar-refractivity contribution in [3.63, 3.8) is 0 Å². The van der Waals surface area contributed by atoms with Gasteiger partial charge in [-0.3, -0.25) is 4.79 Å². The summed E-state index contributed by atoms with van der Waals surface area (Å²) in [6, 6.07) is 3.78. The third-order valence-corrected chi connectivity index (χ3v) is 6.21. The number of hydrogen-bond donors (Lipinski definition) is 2. The first-order chi connectivity index (χ1) is 10.8. The Hall–Kier alpha value is -0.910. The predicted molar refractivity (Wildman–Crippen MR) is 87.5 cm³/mol. The van der Waals surface area contributed by atoms with E-state index in [1.54, 1.807) is 11.3 Å². The van der Waals surface area contributed by atoms with Crippen molar-refractivity contribution in [3.8, 4) is 0 Å². The molecule has 3 aliphatic rings. The van der Waals surface area contributed by atoms with E-state index < -0.39 is 0 Å². The first-order valence-corrected chi connectivity index (χ1v) is 9.40. The molecular weight excluding hydrogens is 296 g/mol. The maximum atomic E-state index is 12.3. The minimum atomic E-state index is 0.0820. The van der Waals surface area contributed by atoms with E-state index in [1.165, 1.54) is 30.6 Å². The summed E-state index contributed by atoms with van der Waals surface area (Å²) < 4.78 is 5.33. The lowest BCUT2D eigenvalue weighted by molar-refractivity contribution is 0.0696. The van der Waals surface area contributed by atoms with Crippen LogP contribution in [0.3, 0.4) is 0 Å². The maximum Gasteiger partial charge on any atom is 0.252 e. The van der Waals surface area contributed by atoms with Gasteiger partial charge in [0.1, 0.15) is 0 Å². The number of rotatable bonds is 5. The van der Waals surface area contributed by atoms with Gasteiger partial charge in [0.15, 0.2) is 0 Å². The fourth-order valence-corrected chi connectivity index (χ4v) is 4.42. The molecule has 22 heavy (non-hydrogen) atoms. The van der Waals surface area contributed by atoms with Gasteiger partial charge in [-0.25, -0.2) is 0 Å². The van der Waals surface area contributed by atoms with Crippen LogP contribution in [0.2, 0.25) is 0 Å². The second kappa shape index (κ2) is 6.30. The number of hydrogen-bond acceptors (Lipinski definition) is 4. The summed E-state index contributed by atoms with van der Waals surface area (Å²) in [4.78, 5) is 13.7. The summed E-state index contributed by atoms with van der Waals surface area (Å²) in [7, 11) is 0. The summed E-state index contributed by atoms with van der Waals surface area (Å²) in [6.07, 6.45) is 7.15. The first-order valence-electron chi connectivity index (χ1n) is 8.52. The van der Waals surface area contributed by atoms with Gasteiger partial charge in [-0.15, -0.1) is 11.3 Å². The Balaban J connectivity index is 1.30. The Morgan fingerprint density at radius 3 is 2.73 bits per heavy atom. The number of amides is 1. The predicted octanol–water partition coefficient (Wildman–Crippen LogP) is 2.65. The van der Waals surface area contributed by atoms with E-state index in [4.69, 9.17) is 4.74 Å². The van der Waals surface area contributed by atoms with E-state index >= 15 is 0 Å². The minimum absolute atomic E-state index is 0.0820. The average Bonchev–Trinajstić information content (AvgIpc) is 3.08. The molecule has 4 rings (SSSR count). The van der Waals surface area contributed by atoms with Crippen molar-refractivity contribution in [2.75, 3.05) is 13.2 Å². The lowest BCUT2D eigenvalue weighted by atomic mass is 9.93. The molecule has 0 radical (unpaired) electrons. The summed E-state index contributed by atoms with van der Waals surface area (Å²) in [5.74, 6) is 0.716. The lowest BCUT2D eigenvalue weighted by Crippen LogP contribution is -2.38. The van der Waals surface area contributed by atoms with Crippen molar-refractivity contribution in [1.29, 1.82) is 0 Å². The fourth-order valence-electron chi connectivity index (χ4n) is 3.35. The second-order valence-corrected chi connectivity index (χ2v) is 7.78. The van der Waals surface area contributed by atoms with Crippen molar-refractivity contribution >= 4 is 17.2 Å². The van der Waals surface area contributed by atoms with E-state index in [1.807, 2.05) is 5.38 Å². The third kappa shape index (κ3) is 3.21. The molecule has 1 aromatic heterocycles. The van der Waals surface area contributed by atoms with Crippen LogP contribution in [0.5, 0.6) is 0 Å². The minimum Gasteiger partial charge on any atom is -0.381 e. The molecule has 1 aromatic rings. The van der Waals surface area contributed by atoms with Crippen LogP contribution in [-0.2, 0) is 4.74 Å². The van der Waals surface area contributed by atoms with Crippen molar-refractivity contribution < 1.29 is 9.53 Å². The summed E-state index contributed by atoms with van der Waals surface area (Å²) in [5.41, 5.74) is 0.834. The van der Waals surface area contributed by atoms with Gasteiger partial charge in [0.25, 0.3) is 5.91 Å². The Bertz CT molecular complexity index is 535. The smallest absolute Gasteiger partial charge is 0.252 e. The topological polar surface area (TPSA) is 50.4 Å². The molecule has 5 heteroatoms. The van der Waals surface area contributed by atoms with Crippen LogP contribution in [-0.4, -0.2) is 37.2 Å². The van der Waals surface area contributed by atoms with Crippen LogP contribution < -0.4 is 10.6 Å². The molecule has 4 nitrogen and oxygen atoms in total. The molecular formula is C17H24N2O2S. The van der Waals surface area contributed by atoms with Crippen molar-refractivity contribution in [2.24, 2.45) is 0 Å². The SMILES string of the molecule is O=C(NC1CCOCC1)c1csc([C@H]2C[C@H]2NC2CCC2)c1. The molecule has 3 fully saturated rings. The Morgan fingerprint density at radius 2 is 2.00 bits per heavy atom. The molecule has 2 N–H and O–H groups in total. The second-order valence-electron chi connectivity index (χ2n) is 6.84. The number of carbonyl (C=O) groups is 1. The zero-order valence-electron chi connectivity index (χ0n) is 12.8. The zero-order valence-corrected chi connectivity index (χ0v) is 13.7. The van der Waals surface area contributed by atoms with E-state index in [0.717, 1.165) is 37.7 Å². The average molecular weight is 320 g/mol. The highest BCUT2D eigenvalue weighted by atomic mass is 32.1. The molecule has 1 amide bonds. The highest BCUT2D eigenvalue weighted by Gasteiger charge is 2.41. The van der Waals surface area contributed by atoms with Gasteiger partial charge in [0.2, 0.25) is 0 Å². The van der Waals surface area contributed by atoms with E-state index in [2.05, 4.69) is 16.7 Å². The largest absolute Gasteiger partial charge is 0.381 e. The van der Waals surface area contributed by atoms with Crippen LogP contribution in [0.4, 0.5) is 0 Å². The first kappa shape index (κ1) is 14.7. The molecule has 0 unspecified atom stereocenters. The van der Waals surface area contributed by atoms with Crippen LogP contribution in [0.15, 0.2) is 11.4 Å². The number of thiophene rings is 1. The maximum absolute atomic E-state index is 12.3. The van der Waals surface area contributed by atoms with Gasteiger partial charge < -0.3 is 15.4 Å². The number of carbonyl (C=O) groups excluding carboxylic acids is 1. The Morgan fingerprint density at radius 1 is 1.18 bits per heavy atom. The normalized spacial score (nSPS) is 29.1. The molecule has 120 valence electrons. The van der Waals surface area contributed by atoms with Crippen LogP contribution in [0.1, 0.15) is 59.7 Å². The molecule has 0 spiro atoms. The van der Waals surface area contributed by atoms with E-state index in [0.29, 0.717) is 12.0 Å². The zero-order chi connectivity index (χ0) is 14.9. The standard InChI is InChI=1S/C17H24N2O2S/c20-17(19-13-4-6-21-7-5-13)11-8-16(22-10-11)14-9-15(14)18-12-2-1-3-12/h8,10,12-15,18H,1-7,9H2,(H,19,20)/t14-,15+/m0/s1. The van der Waals surface area contributed by atoms with Gasteiger partial charge in [-0.1, -0.05) is 6.42 Å². The molecule has 2 heterocycles. The lowest BCUT2D eigenvalue weighted by Gasteiger charge is -2.26. The van der Waals surface area contributed by atoms with Crippen LogP contribution in [0, 0.1) is 0 Å². The highest BCUT2D eigenvalue weighted by molar-refractivity contribution is 7.10. The molecule has 2 atom stereocenters. The number of ether oxygens (including phenoxy) is 1. The van der Waals surface area contributed by atoms with E-state index in [9.17, 15) is 4.79 Å². The van der Waals surface area contributed by atoms with Crippen LogP contribution >= 0.6 is 11.3 Å². The summed E-state index contributed by atoms with van der Waals surface area (Å²) >= 11 is 1.74. The monoisotopic (exact) mass is 320 g/mol. The summed E-state index contributed by atoms with van der Waals surface area (Å²) in [6.45, 7) is 1.52. The van der Waals surface area contributed by atoms with Crippen molar-refractivity contribution in [2.45, 2.75) is 62.6 Å². The Kier molecular flexibility index (Phi) is 4.20. The van der Waals surface area contributed by atoms with Gasteiger partial charge in [-0.05, 0) is 38.2 Å². The quantitative estimate of drug-likeness (QED) is 0.877. The molecule has 2 aliphatic carbocycles. The molecule has 1 aliphatic heterocycles. The third-order valence-electron chi connectivity index (χ3n) is 5.15. The van der Waals surface area contributed by atoms with Gasteiger partial charge in [0, 0.05) is 47.5 Å². The molecule has 1 saturated heterocycles. The van der Waals surface area contributed by atoms with Gasteiger partial charge in [0.05, 0.1) is 5.56 Å². The van der Waals surface area contributed by atoms with Crippen LogP contribution in [0.25, 0.3) is 0 Å². The highest BCUT2D eigenvalue weighted by Crippen LogP contribution is 2.44. The Labute approximate surface area is 135 Å². The molecule has 0 bridgehead atoms. The fraction of sp³-hybridized carbons (Fsp3) is 0.706. The van der Waals surface area contributed by atoms with Gasteiger partial charge >= 0.3 is 0 Å². The van der Waals surface area contributed by atoms with Crippen molar-refractivity contribution in [1.82, 2.24) is 10.6 Å². The molecule has 2 saturated carbocycles. The molecule has 0 aromatic carbocycles.